The summed E-state index contributed by atoms with van der Waals surface area (Å²) in [6.07, 6.45) is 3.72. The van der Waals surface area contributed by atoms with Crippen LogP contribution in [0.5, 0.6) is 0 Å². The topological polar surface area (TPSA) is 77.0 Å². The molecule has 0 unspecified atom stereocenters. The Morgan fingerprint density at radius 2 is 2.20 bits per heavy atom. The number of piperidine rings is 1. The van der Waals surface area contributed by atoms with Crippen LogP contribution >= 0.6 is 11.3 Å². The van der Waals surface area contributed by atoms with E-state index >= 15 is 0 Å². The Labute approximate surface area is 121 Å². The Bertz CT molecular complexity index is 612. The normalized spacial score (nSPS) is 16.6. The molecule has 2 aromatic heterocycles. The second-order valence-electron chi connectivity index (χ2n) is 5.01. The lowest BCUT2D eigenvalue weighted by atomic mass is 10.1. The third-order valence-corrected chi connectivity index (χ3v) is 4.61. The van der Waals surface area contributed by atoms with Crippen molar-refractivity contribution in [3.05, 3.63) is 28.3 Å². The highest BCUT2D eigenvalue weighted by Crippen LogP contribution is 2.24. The number of aromatic nitrogens is 3. The molecule has 7 heteroatoms. The van der Waals surface area contributed by atoms with Gasteiger partial charge in [0.1, 0.15) is 10.7 Å². The molecule has 0 aromatic carbocycles. The lowest BCUT2D eigenvalue weighted by Crippen LogP contribution is -2.39. The van der Waals surface area contributed by atoms with Gasteiger partial charge in [-0.2, -0.15) is 5.10 Å². The number of likely N-dealkylation sites (tertiary alicyclic amines) is 1. The Balaban J connectivity index is 1.64. The quantitative estimate of drug-likeness (QED) is 0.913. The van der Waals surface area contributed by atoms with E-state index in [0.717, 1.165) is 36.5 Å². The minimum absolute atomic E-state index is 0.100. The molecule has 1 saturated heterocycles. The highest BCUT2D eigenvalue weighted by molar-refractivity contribution is 7.11. The maximum atomic E-state index is 12.4. The van der Waals surface area contributed by atoms with Crippen LogP contribution in [0, 0.1) is 6.92 Å². The van der Waals surface area contributed by atoms with Crippen molar-refractivity contribution in [3.8, 4) is 0 Å². The summed E-state index contributed by atoms with van der Waals surface area (Å²) < 4.78 is 1.91. The molecule has 106 valence electrons. The van der Waals surface area contributed by atoms with E-state index in [1.807, 2.05) is 22.7 Å². The third-order valence-electron chi connectivity index (χ3n) is 3.69. The molecule has 0 aliphatic carbocycles. The number of hydrogen-bond acceptors (Lipinski definition) is 5. The van der Waals surface area contributed by atoms with Crippen LogP contribution in [0.15, 0.2) is 17.8 Å². The number of thiazole rings is 1. The summed E-state index contributed by atoms with van der Waals surface area (Å²) in [4.78, 5) is 19.2. The number of carbonyl (C=O) groups excluding carboxylic acids is 1. The van der Waals surface area contributed by atoms with E-state index in [1.54, 1.807) is 11.6 Å². The first-order chi connectivity index (χ1) is 9.65. The summed E-state index contributed by atoms with van der Waals surface area (Å²) in [5, 5.41) is 4.25. The van der Waals surface area contributed by atoms with Crippen molar-refractivity contribution >= 4 is 23.1 Å². The van der Waals surface area contributed by atoms with E-state index in [-0.39, 0.29) is 5.91 Å². The fourth-order valence-electron chi connectivity index (χ4n) is 2.54. The van der Waals surface area contributed by atoms with Crippen LogP contribution in [0.1, 0.15) is 34.2 Å². The molecule has 1 aliphatic heterocycles. The predicted octanol–water partition coefficient (Wildman–Crippen LogP) is 1.71. The number of carbonyl (C=O) groups is 1. The van der Waals surface area contributed by atoms with Crippen molar-refractivity contribution in [3.63, 3.8) is 0 Å². The average molecular weight is 291 g/mol. The van der Waals surface area contributed by atoms with Crippen LogP contribution in [0.25, 0.3) is 0 Å². The first-order valence-electron chi connectivity index (χ1n) is 6.65. The molecule has 0 radical (unpaired) electrons. The van der Waals surface area contributed by atoms with Crippen molar-refractivity contribution < 1.29 is 4.79 Å². The zero-order valence-corrected chi connectivity index (χ0v) is 12.1. The largest absolute Gasteiger partial charge is 0.382 e. The average Bonchev–Trinajstić information content (AvgIpc) is 3.07. The molecule has 20 heavy (non-hydrogen) atoms. The lowest BCUT2D eigenvalue weighted by molar-refractivity contribution is 0.0694. The van der Waals surface area contributed by atoms with Gasteiger partial charge in [0.2, 0.25) is 0 Å². The summed E-state index contributed by atoms with van der Waals surface area (Å²) in [5.74, 6) is 0.646. The Hall–Kier alpha value is -1.89. The minimum atomic E-state index is 0.100. The van der Waals surface area contributed by atoms with Crippen molar-refractivity contribution in [2.24, 2.45) is 0 Å². The third kappa shape index (κ3) is 2.40. The number of hydrogen-bond donors (Lipinski definition) is 1. The zero-order valence-electron chi connectivity index (χ0n) is 11.3. The molecule has 6 nitrogen and oxygen atoms in total. The van der Waals surface area contributed by atoms with Crippen molar-refractivity contribution in [1.29, 1.82) is 0 Å². The van der Waals surface area contributed by atoms with E-state index in [9.17, 15) is 4.79 Å². The van der Waals surface area contributed by atoms with Gasteiger partial charge in [-0.05, 0) is 25.8 Å². The van der Waals surface area contributed by atoms with Gasteiger partial charge in [-0.3, -0.25) is 9.48 Å². The van der Waals surface area contributed by atoms with E-state index in [2.05, 4.69) is 10.1 Å². The van der Waals surface area contributed by atoms with E-state index in [1.165, 1.54) is 11.3 Å². The molecule has 1 fully saturated rings. The number of rotatable bonds is 2. The van der Waals surface area contributed by atoms with Gasteiger partial charge in [-0.15, -0.1) is 11.3 Å². The van der Waals surface area contributed by atoms with Gasteiger partial charge in [0.15, 0.2) is 0 Å². The summed E-state index contributed by atoms with van der Waals surface area (Å²) in [7, 11) is 0. The number of anilines is 1. The van der Waals surface area contributed by atoms with Crippen LogP contribution in [0.3, 0.4) is 0 Å². The van der Waals surface area contributed by atoms with E-state index in [0.29, 0.717) is 11.9 Å². The van der Waals surface area contributed by atoms with Gasteiger partial charge in [0.25, 0.3) is 5.91 Å². The number of amides is 1. The van der Waals surface area contributed by atoms with Crippen molar-refractivity contribution in [2.75, 3.05) is 18.8 Å². The molecular formula is C13H17N5OS. The molecule has 0 atom stereocenters. The fourth-order valence-corrected chi connectivity index (χ4v) is 3.31. The van der Waals surface area contributed by atoms with Crippen LogP contribution in [-0.4, -0.2) is 38.7 Å². The molecule has 0 saturated carbocycles. The SMILES string of the molecule is Cc1ncsc1C(=O)N1CCC(n2ccc(N)n2)CC1. The van der Waals surface area contributed by atoms with Crippen LogP contribution in [0.4, 0.5) is 5.82 Å². The Morgan fingerprint density at radius 1 is 1.45 bits per heavy atom. The van der Waals surface area contributed by atoms with Gasteiger partial charge >= 0.3 is 0 Å². The molecule has 0 spiro atoms. The summed E-state index contributed by atoms with van der Waals surface area (Å²) in [6.45, 7) is 3.38. The first kappa shape index (κ1) is 13.1. The maximum Gasteiger partial charge on any atom is 0.265 e. The predicted molar refractivity (Wildman–Crippen MR) is 77.7 cm³/mol. The summed E-state index contributed by atoms with van der Waals surface area (Å²) in [5.41, 5.74) is 8.18. The van der Waals surface area contributed by atoms with Crippen molar-refractivity contribution in [1.82, 2.24) is 19.7 Å². The first-order valence-corrected chi connectivity index (χ1v) is 7.53. The molecule has 3 rings (SSSR count). The summed E-state index contributed by atoms with van der Waals surface area (Å²) >= 11 is 1.42. The molecule has 1 aliphatic rings. The Kier molecular flexibility index (Phi) is 3.43. The van der Waals surface area contributed by atoms with Gasteiger partial charge in [-0.1, -0.05) is 0 Å². The monoisotopic (exact) mass is 291 g/mol. The highest BCUT2D eigenvalue weighted by atomic mass is 32.1. The van der Waals surface area contributed by atoms with E-state index in [4.69, 9.17) is 5.73 Å². The van der Waals surface area contributed by atoms with E-state index < -0.39 is 0 Å². The molecule has 2 N–H and O–H groups in total. The number of nitrogen functional groups attached to an aromatic ring is 1. The van der Waals surface area contributed by atoms with Crippen LogP contribution in [0.2, 0.25) is 0 Å². The fraction of sp³-hybridized carbons (Fsp3) is 0.462. The van der Waals surface area contributed by atoms with Gasteiger partial charge in [-0.25, -0.2) is 4.98 Å². The lowest BCUT2D eigenvalue weighted by Gasteiger charge is -2.31. The standard InChI is InChI=1S/C13H17N5OS/c1-9-12(20-8-15-9)13(19)17-5-2-10(3-6-17)18-7-4-11(14)16-18/h4,7-8,10H,2-3,5-6H2,1H3,(H2,14,16). The number of nitrogens with zero attached hydrogens (tertiary/aromatic N) is 4. The zero-order chi connectivity index (χ0) is 14.1. The number of nitrogens with two attached hydrogens (primary N) is 1. The highest BCUT2D eigenvalue weighted by Gasteiger charge is 2.26. The molecule has 2 aromatic rings. The van der Waals surface area contributed by atoms with Crippen LogP contribution in [-0.2, 0) is 0 Å². The molecule has 1 amide bonds. The Morgan fingerprint density at radius 3 is 2.75 bits per heavy atom. The van der Waals surface area contributed by atoms with Crippen molar-refractivity contribution in [2.45, 2.75) is 25.8 Å². The molecule has 0 bridgehead atoms. The molecular weight excluding hydrogens is 274 g/mol. The number of aryl methyl sites for hydroxylation is 1. The second kappa shape index (κ2) is 5.24. The molecule has 3 heterocycles. The van der Waals surface area contributed by atoms with Gasteiger partial charge in [0.05, 0.1) is 17.2 Å². The van der Waals surface area contributed by atoms with Gasteiger partial charge in [0, 0.05) is 19.3 Å². The summed E-state index contributed by atoms with van der Waals surface area (Å²) in [6, 6.07) is 2.14. The van der Waals surface area contributed by atoms with Gasteiger partial charge < -0.3 is 10.6 Å². The minimum Gasteiger partial charge on any atom is -0.382 e. The smallest absolute Gasteiger partial charge is 0.265 e. The second-order valence-corrected chi connectivity index (χ2v) is 5.87. The van der Waals surface area contributed by atoms with Crippen LogP contribution < -0.4 is 5.73 Å². The maximum absolute atomic E-state index is 12.4.